The fraction of sp³-hybridized carbons (Fsp3) is 0.667. The van der Waals surface area contributed by atoms with Gasteiger partial charge in [-0.3, -0.25) is 0 Å². The number of sulfone groups is 1. The molecule has 0 amide bonds. The Hall–Kier alpha value is -0.510. The van der Waals surface area contributed by atoms with Crippen molar-refractivity contribution in [2.75, 3.05) is 18.6 Å². The van der Waals surface area contributed by atoms with Gasteiger partial charge in [-0.05, 0) is 6.08 Å². The summed E-state index contributed by atoms with van der Waals surface area (Å²) in [7, 11) is -1.22. The minimum Gasteiger partial charge on any atom is -0.501 e. The zero-order chi connectivity index (χ0) is 7.61. The molecule has 4 heteroatoms. The molecular formula is C6H10O3S. The molecule has 1 aliphatic heterocycles. The molecule has 0 aromatic rings. The highest BCUT2D eigenvalue weighted by Gasteiger charge is 2.16. The van der Waals surface area contributed by atoms with Crippen molar-refractivity contribution >= 4 is 9.84 Å². The number of methoxy groups -OCH3 is 1. The van der Waals surface area contributed by atoms with E-state index in [-0.39, 0.29) is 11.5 Å². The largest absolute Gasteiger partial charge is 0.501 e. The average Bonchev–Trinajstić information content (AvgIpc) is 1.88. The highest BCUT2D eigenvalue weighted by Crippen LogP contribution is 2.11. The maximum Gasteiger partial charge on any atom is 0.154 e. The molecule has 0 fully saturated rings. The summed E-state index contributed by atoms with van der Waals surface area (Å²) in [4.78, 5) is 0. The molecule has 1 rings (SSSR count). The quantitative estimate of drug-likeness (QED) is 0.558. The molecule has 0 aliphatic carbocycles. The topological polar surface area (TPSA) is 43.4 Å². The molecule has 0 spiro atoms. The maximum absolute atomic E-state index is 10.8. The molecule has 0 radical (unpaired) electrons. The highest BCUT2D eigenvalue weighted by atomic mass is 32.2. The molecule has 0 saturated carbocycles. The van der Waals surface area contributed by atoms with E-state index in [1.165, 1.54) is 0 Å². The number of hydrogen-bond donors (Lipinski definition) is 0. The third-order valence-corrected chi connectivity index (χ3v) is 2.99. The molecule has 0 aromatic heterocycles. The first kappa shape index (κ1) is 7.60. The van der Waals surface area contributed by atoms with Crippen LogP contribution < -0.4 is 0 Å². The van der Waals surface area contributed by atoms with E-state index >= 15 is 0 Å². The average molecular weight is 162 g/mol. The molecule has 3 nitrogen and oxygen atoms in total. The summed E-state index contributed by atoms with van der Waals surface area (Å²) in [5.74, 6) is 1.15. The molecular weight excluding hydrogens is 152 g/mol. The normalized spacial score (nSPS) is 23.5. The number of rotatable bonds is 1. The van der Waals surface area contributed by atoms with Gasteiger partial charge in [0.2, 0.25) is 0 Å². The zero-order valence-electron chi connectivity index (χ0n) is 5.83. The summed E-state index contributed by atoms with van der Waals surface area (Å²) in [6.45, 7) is 0. The lowest BCUT2D eigenvalue weighted by molar-refractivity contribution is 0.279. The van der Waals surface area contributed by atoms with Crippen molar-refractivity contribution < 1.29 is 13.2 Å². The molecule has 0 unspecified atom stereocenters. The van der Waals surface area contributed by atoms with Gasteiger partial charge in [0, 0.05) is 6.42 Å². The molecule has 0 saturated heterocycles. The Balaban J connectivity index is 2.70. The lowest BCUT2D eigenvalue weighted by atomic mass is 10.4. The molecule has 1 aliphatic rings. The van der Waals surface area contributed by atoms with Gasteiger partial charge in [0.1, 0.15) is 0 Å². The van der Waals surface area contributed by atoms with Crippen LogP contribution in [0.15, 0.2) is 11.8 Å². The van der Waals surface area contributed by atoms with E-state index in [0.29, 0.717) is 6.42 Å². The third-order valence-electron chi connectivity index (χ3n) is 1.49. The van der Waals surface area contributed by atoms with Crippen molar-refractivity contribution in [3.8, 4) is 0 Å². The van der Waals surface area contributed by atoms with Crippen molar-refractivity contribution in [2.45, 2.75) is 6.42 Å². The fourth-order valence-corrected chi connectivity index (χ4v) is 1.97. The van der Waals surface area contributed by atoms with Crippen LogP contribution in [0.3, 0.4) is 0 Å². The van der Waals surface area contributed by atoms with Crippen LogP contribution in [0.2, 0.25) is 0 Å². The highest BCUT2D eigenvalue weighted by molar-refractivity contribution is 7.91. The molecule has 0 aromatic carbocycles. The Labute approximate surface area is 60.6 Å². The third kappa shape index (κ3) is 1.73. The Bertz CT molecular complexity index is 238. The minimum atomic E-state index is -2.78. The standard InChI is InChI=1S/C6H10O3S/c1-9-6-2-4-10(7,8)5-3-6/h2H,3-5H2,1H3. The minimum absolute atomic E-state index is 0.135. The first-order valence-electron chi connectivity index (χ1n) is 3.07. The van der Waals surface area contributed by atoms with Crippen LogP contribution in [0, 0.1) is 0 Å². The van der Waals surface area contributed by atoms with Gasteiger partial charge >= 0.3 is 0 Å². The van der Waals surface area contributed by atoms with Crippen LogP contribution in [-0.4, -0.2) is 27.0 Å². The second-order valence-corrected chi connectivity index (χ2v) is 4.47. The molecule has 10 heavy (non-hydrogen) atoms. The van der Waals surface area contributed by atoms with Gasteiger partial charge in [-0.2, -0.15) is 0 Å². The monoisotopic (exact) mass is 162 g/mol. The van der Waals surface area contributed by atoms with E-state index in [9.17, 15) is 8.42 Å². The molecule has 1 heterocycles. The van der Waals surface area contributed by atoms with Gasteiger partial charge in [-0.25, -0.2) is 8.42 Å². The van der Waals surface area contributed by atoms with Crippen molar-refractivity contribution in [1.82, 2.24) is 0 Å². The number of hydrogen-bond acceptors (Lipinski definition) is 3. The van der Waals surface area contributed by atoms with Gasteiger partial charge < -0.3 is 4.74 Å². The Kier molecular flexibility index (Phi) is 1.99. The van der Waals surface area contributed by atoms with Crippen molar-refractivity contribution in [3.05, 3.63) is 11.8 Å². The van der Waals surface area contributed by atoms with E-state index in [4.69, 9.17) is 4.74 Å². The van der Waals surface area contributed by atoms with E-state index in [1.807, 2.05) is 0 Å². The Morgan fingerprint density at radius 1 is 1.60 bits per heavy atom. The van der Waals surface area contributed by atoms with Gasteiger partial charge in [0.25, 0.3) is 0 Å². The van der Waals surface area contributed by atoms with Crippen LogP contribution in [0.25, 0.3) is 0 Å². The first-order valence-corrected chi connectivity index (χ1v) is 4.89. The van der Waals surface area contributed by atoms with Crippen LogP contribution in [0.5, 0.6) is 0 Å². The zero-order valence-corrected chi connectivity index (χ0v) is 6.65. The van der Waals surface area contributed by atoms with Gasteiger partial charge in [-0.15, -0.1) is 0 Å². The molecule has 0 bridgehead atoms. The van der Waals surface area contributed by atoms with E-state index in [0.717, 1.165) is 5.76 Å². The molecule has 0 atom stereocenters. The molecule has 0 N–H and O–H groups in total. The lowest BCUT2D eigenvalue weighted by Gasteiger charge is -2.11. The van der Waals surface area contributed by atoms with Crippen molar-refractivity contribution in [2.24, 2.45) is 0 Å². The van der Waals surface area contributed by atoms with Crippen LogP contribution >= 0.6 is 0 Å². The van der Waals surface area contributed by atoms with Crippen LogP contribution in [-0.2, 0) is 14.6 Å². The van der Waals surface area contributed by atoms with Crippen LogP contribution in [0.1, 0.15) is 6.42 Å². The SMILES string of the molecule is COC1=CCS(=O)(=O)CC1. The Morgan fingerprint density at radius 3 is 2.70 bits per heavy atom. The van der Waals surface area contributed by atoms with E-state index < -0.39 is 9.84 Å². The fourth-order valence-electron chi connectivity index (χ4n) is 0.847. The first-order chi connectivity index (χ1) is 4.64. The summed E-state index contributed by atoms with van der Waals surface area (Å²) in [5, 5.41) is 0. The van der Waals surface area contributed by atoms with Gasteiger partial charge in [-0.1, -0.05) is 0 Å². The Morgan fingerprint density at radius 2 is 2.30 bits per heavy atom. The van der Waals surface area contributed by atoms with E-state index in [1.54, 1.807) is 13.2 Å². The molecule has 58 valence electrons. The summed E-state index contributed by atoms with van der Waals surface area (Å²) in [6, 6.07) is 0. The second kappa shape index (κ2) is 2.62. The van der Waals surface area contributed by atoms with E-state index in [2.05, 4.69) is 0 Å². The summed E-state index contributed by atoms with van der Waals surface area (Å²) < 4.78 is 26.5. The summed E-state index contributed by atoms with van der Waals surface area (Å²) in [6.07, 6.45) is 2.15. The predicted molar refractivity (Wildman–Crippen MR) is 38.4 cm³/mol. The maximum atomic E-state index is 10.8. The van der Waals surface area contributed by atoms with Gasteiger partial charge in [0.15, 0.2) is 9.84 Å². The van der Waals surface area contributed by atoms with Crippen LogP contribution in [0.4, 0.5) is 0 Å². The smallest absolute Gasteiger partial charge is 0.154 e. The lowest BCUT2D eigenvalue weighted by Crippen LogP contribution is -2.15. The van der Waals surface area contributed by atoms with Gasteiger partial charge in [0.05, 0.1) is 24.4 Å². The number of allylic oxidation sites excluding steroid dienone is 1. The van der Waals surface area contributed by atoms with Crippen molar-refractivity contribution in [1.29, 1.82) is 0 Å². The predicted octanol–water partition coefficient (Wildman–Crippen LogP) is 0.335. The summed E-state index contributed by atoms with van der Waals surface area (Å²) in [5.41, 5.74) is 0. The summed E-state index contributed by atoms with van der Waals surface area (Å²) >= 11 is 0. The second-order valence-electron chi connectivity index (χ2n) is 2.24. The number of ether oxygens (including phenoxy) is 1. The van der Waals surface area contributed by atoms with Crippen molar-refractivity contribution in [3.63, 3.8) is 0 Å².